The maximum absolute atomic E-state index is 9.63. The van der Waals surface area contributed by atoms with Crippen LogP contribution in [0.3, 0.4) is 0 Å². The Balaban J connectivity index is 0. The van der Waals surface area contributed by atoms with Gasteiger partial charge in [0.2, 0.25) is 0 Å². The molecule has 0 unspecified atom stereocenters. The van der Waals surface area contributed by atoms with Gasteiger partial charge in [0.25, 0.3) is 0 Å². The third-order valence-corrected chi connectivity index (χ3v) is 1.91. The molecule has 0 amide bonds. The van der Waals surface area contributed by atoms with Crippen LogP contribution in [0.5, 0.6) is 0 Å². The Hall–Kier alpha value is 1.00. The van der Waals surface area contributed by atoms with E-state index in [4.69, 9.17) is 19.6 Å². The molecule has 0 fully saturated rings. The first kappa shape index (κ1) is 13.6. The van der Waals surface area contributed by atoms with Crippen LogP contribution in [-0.2, 0) is 35.8 Å². The van der Waals surface area contributed by atoms with E-state index in [-0.39, 0.29) is 22.4 Å². The van der Waals surface area contributed by atoms with Crippen molar-refractivity contribution < 1.29 is 55.4 Å². The molecular formula is H4NbO7P2. The maximum atomic E-state index is 9.63. The fourth-order valence-electron chi connectivity index (χ4n) is 0.139. The largest absolute Gasteiger partial charge is 0.478 e. The summed E-state index contributed by atoms with van der Waals surface area (Å²) in [6.07, 6.45) is 0. The van der Waals surface area contributed by atoms with Crippen LogP contribution in [0.4, 0.5) is 0 Å². The van der Waals surface area contributed by atoms with Gasteiger partial charge in [-0.2, -0.15) is 4.31 Å². The van der Waals surface area contributed by atoms with E-state index in [2.05, 4.69) is 4.31 Å². The average molecular weight is 271 g/mol. The first-order chi connectivity index (χ1) is 3.71. The van der Waals surface area contributed by atoms with E-state index in [1.165, 1.54) is 0 Å². The topological polar surface area (TPSA) is 124 Å². The third-order valence-electron chi connectivity index (χ3n) is 0.213. The third kappa shape index (κ3) is 11.8. The molecule has 0 bridgehead atoms. The first-order valence-corrected chi connectivity index (χ1v) is 4.59. The van der Waals surface area contributed by atoms with Crippen LogP contribution in [0.1, 0.15) is 0 Å². The standard InChI is InChI=1S/Nb.H4O7P2/c;1-8(2,3)7-9(4,5)6/h;(H2,1,2,3)(H2,4,5,6). The van der Waals surface area contributed by atoms with Crippen molar-refractivity contribution in [3.63, 3.8) is 0 Å². The fourth-order valence-corrected chi connectivity index (χ4v) is 1.25. The molecule has 4 N–H and O–H groups in total. The molecule has 61 valence electrons. The molecule has 1 radical (unpaired) electrons. The molecule has 0 aromatic carbocycles. The van der Waals surface area contributed by atoms with Gasteiger partial charge in [-0.25, -0.2) is 9.13 Å². The van der Waals surface area contributed by atoms with Crippen molar-refractivity contribution in [2.45, 2.75) is 0 Å². The maximum Gasteiger partial charge on any atom is 0.478 e. The molecule has 10 heteroatoms. The van der Waals surface area contributed by atoms with Crippen molar-refractivity contribution >= 4 is 15.6 Å². The summed E-state index contributed by atoms with van der Waals surface area (Å²) in [4.78, 5) is 31.0. The van der Waals surface area contributed by atoms with Gasteiger partial charge in [0.1, 0.15) is 0 Å². The van der Waals surface area contributed by atoms with Crippen molar-refractivity contribution in [2.75, 3.05) is 0 Å². The number of phosphoric acid groups is 2. The second-order valence-corrected chi connectivity index (χ2v) is 3.68. The summed E-state index contributed by atoms with van der Waals surface area (Å²) in [5.41, 5.74) is 0. The van der Waals surface area contributed by atoms with Gasteiger partial charge < -0.3 is 19.6 Å². The summed E-state index contributed by atoms with van der Waals surface area (Å²) in [5, 5.41) is 0. The second-order valence-electron chi connectivity index (χ2n) is 1.06. The van der Waals surface area contributed by atoms with Crippen LogP contribution in [-0.4, -0.2) is 19.6 Å². The smallest absolute Gasteiger partial charge is 0.302 e. The van der Waals surface area contributed by atoms with Crippen LogP contribution in [0.15, 0.2) is 0 Å². The summed E-state index contributed by atoms with van der Waals surface area (Å²) < 4.78 is 22.2. The molecule has 0 aliphatic rings. The van der Waals surface area contributed by atoms with Gasteiger partial charge in [-0.05, 0) is 0 Å². The van der Waals surface area contributed by atoms with E-state index in [1.54, 1.807) is 0 Å². The van der Waals surface area contributed by atoms with Crippen molar-refractivity contribution in [3.05, 3.63) is 0 Å². The molecule has 0 heterocycles. The van der Waals surface area contributed by atoms with Crippen LogP contribution < -0.4 is 0 Å². The fraction of sp³-hybridized carbons (Fsp3) is 0. The number of hydrogen-bond acceptors (Lipinski definition) is 3. The Bertz CT molecular complexity index is 152. The predicted molar refractivity (Wildman–Crippen MR) is 25.2 cm³/mol. The van der Waals surface area contributed by atoms with Gasteiger partial charge in [0, 0.05) is 22.4 Å². The summed E-state index contributed by atoms with van der Waals surface area (Å²) in [6.45, 7) is 0. The van der Waals surface area contributed by atoms with Crippen LogP contribution in [0, 0.1) is 0 Å². The summed E-state index contributed by atoms with van der Waals surface area (Å²) in [5.74, 6) is 0. The molecule has 0 saturated carbocycles. The van der Waals surface area contributed by atoms with Crippen LogP contribution in [0.25, 0.3) is 0 Å². The van der Waals surface area contributed by atoms with Crippen LogP contribution >= 0.6 is 15.6 Å². The van der Waals surface area contributed by atoms with Crippen molar-refractivity contribution in [1.82, 2.24) is 0 Å². The molecule has 0 saturated heterocycles. The molecule has 7 nitrogen and oxygen atoms in total. The molecule has 0 rings (SSSR count). The Morgan fingerprint density at radius 3 is 1.10 bits per heavy atom. The van der Waals surface area contributed by atoms with Gasteiger partial charge in [-0.1, -0.05) is 0 Å². The molecule has 0 aromatic rings. The van der Waals surface area contributed by atoms with E-state index < -0.39 is 15.6 Å². The molecule has 0 spiro atoms. The van der Waals surface area contributed by atoms with E-state index in [9.17, 15) is 9.13 Å². The van der Waals surface area contributed by atoms with Gasteiger partial charge >= 0.3 is 15.6 Å². The van der Waals surface area contributed by atoms with E-state index >= 15 is 0 Å². The predicted octanol–water partition coefficient (Wildman–Crippen LogP) is -0.814. The average Bonchev–Trinajstić information content (AvgIpc) is 1.14. The van der Waals surface area contributed by atoms with E-state index in [1.807, 2.05) is 0 Å². The quantitative estimate of drug-likeness (QED) is 0.382. The monoisotopic (exact) mass is 271 g/mol. The zero-order valence-corrected chi connectivity index (χ0v) is 8.34. The minimum atomic E-state index is -5.05. The SMILES string of the molecule is O=P(O)(O)OP(=O)(O)O.[Nb]. The Kier molecular flexibility index (Phi) is 5.61. The molecule has 0 atom stereocenters. The molecule has 0 aliphatic heterocycles. The first-order valence-electron chi connectivity index (χ1n) is 1.53. The molecule has 0 aromatic heterocycles. The zero-order chi connectivity index (χ0) is 7.71. The van der Waals surface area contributed by atoms with Crippen molar-refractivity contribution in [3.8, 4) is 0 Å². The second kappa shape index (κ2) is 4.13. The normalized spacial score (nSPS) is 12.4. The molecular weight excluding hydrogens is 267 g/mol. The van der Waals surface area contributed by atoms with Crippen molar-refractivity contribution in [2.24, 2.45) is 0 Å². The summed E-state index contributed by atoms with van der Waals surface area (Å²) >= 11 is 0. The van der Waals surface area contributed by atoms with E-state index in [0.717, 1.165) is 0 Å². The number of hydrogen-bond donors (Lipinski definition) is 4. The Labute approximate surface area is 71.4 Å². The van der Waals surface area contributed by atoms with Gasteiger partial charge in [-0.3, -0.25) is 0 Å². The number of rotatable bonds is 2. The van der Waals surface area contributed by atoms with Crippen molar-refractivity contribution in [1.29, 1.82) is 0 Å². The Morgan fingerprint density at radius 1 is 0.900 bits per heavy atom. The molecule has 10 heavy (non-hydrogen) atoms. The summed E-state index contributed by atoms with van der Waals surface area (Å²) in [7, 11) is -10.1. The summed E-state index contributed by atoms with van der Waals surface area (Å²) in [6, 6.07) is 0. The molecule has 0 aliphatic carbocycles. The minimum Gasteiger partial charge on any atom is -0.302 e. The van der Waals surface area contributed by atoms with Crippen LogP contribution in [0.2, 0.25) is 0 Å². The van der Waals surface area contributed by atoms with Gasteiger partial charge in [0.05, 0.1) is 0 Å². The van der Waals surface area contributed by atoms with Gasteiger partial charge in [-0.15, -0.1) is 0 Å². The van der Waals surface area contributed by atoms with E-state index in [0.29, 0.717) is 0 Å². The Morgan fingerprint density at radius 2 is 1.10 bits per heavy atom. The zero-order valence-electron chi connectivity index (χ0n) is 4.36. The van der Waals surface area contributed by atoms with Gasteiger partial charge in [0.15, 0.2) is 0 Å². The minimum absolute atomic E-state index is 0.